The third-order valence-electron chi connectivity index (χ3n) is 5.75. The van der Waals surface area contributed by atoms with Gasteiger partial charge >= 0.3 is 0 Å². The van der Waals surface area contributed by atoms with E-state index < -0.39 is 0 Å². The molecule has 2 amide bonds. The molecule has 0 spiro atoms. The number of nitrogens with one attached hydrogen (secondary N) is 2. The number of aryl methyl sites for hydroxylation is 1. The van der Waals surface area contributed by atoms with Crippen molar-refractivity contribution in [1.29, 1.82) is 0 Å². The van der Waals surface area contributed by atoms with Crippen LogP contribution in [0.1, 0.15) is 22.3 Å². The van der Waals surface area contributed by atoms with Crippen molar-refractivity contribution in [2.45, 2.75) is 12.8 Å². The van der Waals surface area contributed by atoms with Gasteiger partial charge in [0.25, 0.3) is 5.91 Å². The van der Waals surface area contributed by atoms with Crippen LogP contribution in [-0.4, -0.2) is 56.2 Å². The SMILES string of the molecule is O=C(CNc1ccccc1OCCCc1ccccc1)Nc1ccc(C(=O)N2CCOCC2)cc1. The molecule has 1 aliphatic rings. The molecule has 3 aromatic carbocycles. The molecule has 1 fully saturated rings. The molecule has 2 N–H and O–H groups in total. The molecule has 0 aliphatic carbocycles. The van der Waals surface area contributed by atoms with Crippen molar-refractivity contribution in [3.8, 4) is 5.75 Å². The molecule has 1 heterocycles. The standard InChI is InChI=1S/C28H31N3O4/c32-27(30-24-14-12-23(13-15-24)28(33)31-16-19-34-20-17-31)21-29-25-10-4-5-11-26(25)35-18-6-9-22-7-2-1-3-8-22/h1-5,7-8,10-15,29H,6,9,16-21H2,(H,30,32). The lowest BCUT2D eigenvalue weighted by molar-refractivity contribution is -0.114. The summed E-state index contributed by atoms with van der Waals surface area (Å²) in [7, 11) is 0. The second-order valence-corrected chi connectivity index (χ2v) is 8.32. The number of ether oxygens (including phenoxy) is 2. The molecule has 4 rings (SSSR count). The molecule has 0 atom stereocenters. The van der Waals surface area contributed by atoms with Crippen LogP contribution in [0.4, 0.5) is 11.4 Å². The molecule has 35 heavy (non-hydrogen) atoms. The second kappa shape index (κ2) is 12.6. The Balaban J connectivity index is 1.23. The van der Waals surface area contributed by atoms with Crippen LogP contribution in [0.15, 0.2) is 78.9 Å². The molecule has 0 bridgehead atoms. The number of benzene rings is 3. The molecule has 3 aromatic rings. The summed E-state index contributed by atoms with van der Waals surface area (Å²) in [6, 6.07) is 24.9. The predicted molar refractivity (Wildman–Crippen MR) is 137 cm³/mol. The number of hydrogen-bond acceptors (Lipinski definition) is 5. The summed E-state index contributed by atoms with van der Waals surface area (Å²) in [5, 5.41) is 6.02. The zero-order chi connectivity index (χ0) is 24.3. The van der Waals surface area contributed by atoms with E-state index in [4.69, 9.17) is 9.47 Å². The largest absolute Gasteiger partial charge is 0.491 e. The smallest absolute Gasteiger partial charge is 0.254 e. The van der Waals surface area contributed by atoms with Crippen molar-refractivity contribution >= 4 is 23.2 Å². The average Bonchev–Trinajstić information content (AvgIpc) is 2.91. The molecule has 1 saturated heterocycles. The van der Waals surface area contributed by atoms with Gasteiger partial charge in [-0.25, -0.2) is 0 Å². The van der Waals surface area contributed by atoms with Crippen LogP contribution < -0.4 is 15.4 Å². The number of para-hydroxylation sites is 2. The number of anilines is 2. The maximum absolute atomic E-state index is 12.6. The van der Waals surface area contributed by atoms with Gasteiger partial charge in [-0.05, 0) is 54.8 Å². The van der Waals surface area contributed by atoms with Gasteiger partial charge in [0.1, 0.15) is 5.75 Å². The van der Waals surface area contributed by atoms with Gasteiger partial charge in [-0.3, -0.25) is 9.59 Å². The zero-order valence-electron chi connectivity index (χ0n) is 19.7. The maximum atomic E-state index is 12.6. The molecular weight excluding hydrogens is 442 g/mol. The fraction of sp³-hybridized carbons (Fsp3) is 0.286. The molecule has 0 saturated carbocycles. The maximum Gasteiger partial charge on any atom is 0.254 e. The van der Waals surface area contributed by atoms with Crippen molar-refractivity contribution in [3.05, 3.63) is 90.0 Å². The first kappa shape index (κ1) is 24.3. The third kappa shape index (κ3) is 7.32. The monoisotopic (exact) mass is 473 g/mol. The summed E-state index contributed by atoms with van der Waals surface area (Å²) in [4.78, 5) is 26.8. The third-order valence-corrected chi connectivity index (χ3v) is 5.75. The predicted octanol–water partition coefficient (Wildman–Crippen LogP) is 4.22. The van der Waals surface area contributed by atoms with E-state index >= 15 is 0 Å². The highest BCUT2D eigenvalue weighted by molar-refractivity contribution is 5.96. The Kier molecular flexibility index (Phi) is 8.73. The van der Waals surface area contributed by atoms with Gasteiger partial charge in [0.15, 0.2) is 0 Å². The minimum Gasteiger partial charge on any atom is -0.491 e. The van der Waals surface area contributed by atoms with Gasteiger partial charge in [-0.15, -0.1) is 0 Å². The van der Waals surface area contributed by atoms with Crippen molar-refractivity contribution in [2.24, 2.45) is 0 Å². The highest BCUT2D eigenvalue weighted by atomic mass is 16.5. The Morgan fingerprint density at radius 1 is 0.886 bits per heavy atom. The van der Waals surface area contributed by atoms with E-state index in [2.05, 4.69) is 22.8 Å². The number of rotatable bonds is 10. The molecular formula is C28H31N3O4. The quantitative estimate of drug-likeness (QED) is 0.431. The number of amides is 2. The fourth-order valence-corrected chi connectivity index (χ4v) is 3.87. The van der Waals surface area contributed by atoms with Gasteiger partial charge in [-0.2, -0.15) is 0 Å². The number of carbonyl (C=O) groups excluding carboxylic acids is 2. The first-order chi connectivity index (χ1) is 17.2. The van der Waals surface area contributed by atoms with Gasteiger partial charge in [0, 0.05) is 24.3 Å². The average molecular weight is 474 g/mol. The molecule has 0 aromatic heterocycles. The Labute approximate surface area is 206 Å². The van der Waals surface area contributed by atoms with E-state index in [1.54, 1.807) is 29.2 Å². The van der Waals surface area contributed by atoms with Crippen LogP contribution in [0.25, 0.3) is 0 Å². The Hall–Kier alpha value is -3.84. The van der Waals surface area contributed by atoms with Gasteiger partial charge in [-0.1, -0.05) is 42.5 Å². The molecule has 7 heteroatoms. The first-order valence-corrected chi connectivity index (χ1v) is 12.0. The topological polar surface area (TPSA) is 79.9 Å². The van der Waals surface area contributed by atoms with E-state index in [1.807, 2.05) is 42.5 Å². The number of carbonyl (C=O) groups is 2. The summed E-state index contributed by atoms with van der Waals surface area (Å²) in [5.74, 6) is 0.517. The molecule has 7 nitrogen and oxygen atoms in total. The normalized spacial score (nSPS) is 13.2. The van der Waals surface area contributed by atoms with Crippen molar-refractivity contribution < 1.29 is 19.1 Å². The van der Waals surface area contributed by atoms with Crippen LogP contribution >= 0.6 is 0 Å². The van der Waals surface area contributed by atoms with E-state index in [1.165, 1.54) is 5.56 Å². The summed E-state index contributed by atoms with van der Waals surface area (Å²) >= 11 is 0. The van der Waals surface area contributed by atoms with Crippen molar-refractivity contribution in [1.82, 2.24) is 4.90 Å². The number of hydrogen-bond donors (Lipinski definition) is 2. The Bertz CT molecular complexity index is 1100. The Morgan fingerprint density at radius 2 is 1.60 bits per heavy atom. The fourth-order valence-electron chi connectivity index (χ4n) is 3.87. The lowest BCUT2D eigenvalue weighted by Crippen LogP contribution is -2.40. The number of nitrogens with zero attached hydrogens (tertiary/aromatic N) is 1. The van der Waals surface area contributed by atoms with Crippen LogP contribution in [-0.2, 0) is 16.0 Å². The van der Waals surface area contributed by atoms with Crippen LogP contribution in [0.5, 0.6) is 5.75 Å². The summed E-state index contributed by atoms with van der Waals surface area (Å²) in [6.45, 7) is 3.01. The first-order valence-electron chi connectivity index (χ1n) is 12.0. The highest BCUT2D eigenvalue weighted by Crippen LogP contribution is 2.24. The van der Waals surface area contributed by atoms with E-state index in [0.29, 0.717) is 44.2 Å². The van der Waals surface area contributed by atoms with Crippen molar-refractivity contribution in [2.75, 3.05) is 50.1 Å². The molecule has 182 valence electrons. The van der Waals surface area contributed by atoms with Crippen LogP contribution in [0.2, 0.25) is 0 Å². The van der Waals surface area contributed by atoms with Crippen LogP contribution in [0, 0.1) is 0 Å². The van der Waals surface area contributed by atoms with Gasteiger partial charge in [0.2, 0.25) is 5.91 Å². The van der Waals surface area contributed by atoms with E-state index in [-0.39, 0.29) is 18.4 Å². The number of morpholine rings is 1. The summed E-state index contributed by atoms with van der Waals surface area (Å²) < 4.78 is 11.3. The molecule has 0 unspecified atom stereocenters. The molecule has 1 aliphatic heterocycles. The van der Waals surface area contributed by atoms with E-state index in [0.717, 1.165) is 24.3 Å². The van der Waals surface area contributed by atoms with E-state index in [9.17, 15) is 9.59 Å². The Morgan fingerprint density at radius 3 is 2.37 bits per heavy atom. The molecule has 0 radical (unpaired) electrons. The van der Waals surface area contributed by atoms with Gasteiger partial charge < -0.3 is 25.0 Å². The summed E-state index contributed by atoms with van der Waals surface area (Å²) in [6.07, 6.45) is 1.86. The second-order valence-electron chi connectivity index (χ2n) is 8.32. The minimum atomic E-state index is -0.184. The van der Waals surface area contributed by atoms with Gasteiger partial charge in [0.05, 0.1) is 32.1 Å². The zero-order valence-corrected chi connectivity index (χ0v) is 19.7. The van der Waals surface area contributed by atoms with Crippen molar-refractivity contribution in [3.63, 3.8) is 0 Å². The van der Waals surface area contributed by atoms with Crippen LogP contribution in [0.3, 0.4) is 0 Å². The summed E-state index contributed by atoms with van der Waals surface area (Å²) in [5.41, 5.74) is 3.30. The lowest BCUT2D eigenvalue weighted by Gasteiger charge is -2.26. The minimum absolute atomic E-state index is 0.0202. The highest BCUT2D eigenvalue weighted by Gasteiger charge is 2.18. The lowest BCUT2D eigenvalue weighted by atomic mass is 10.1.